The van der Waals surface area contributed by atoms with Gasteiger partial charge in [-0.15, -0.1) is 0 Å². The number of rotatable bonds is 7. The molecule has 24 heavy (non-hydrogen) atoms. The Kier molecular flexibility index (Phi) is 6.10. The van der Waals surface area contributed by atoms with Crippen molar-refractivity contribution in [1.82, 2.24) is 5.06 Å². The minimum Gasteiger partial charge on any atom is -0.502 e. The normalized spacial score (nSPS) is 11.1. The zero-order chi connectivity index (χ0) is 17.4. The minimum atomic E-state index is -1.58. The van der Waals surface area contributed by atoms with E-state index in [1.54, 1.807) is 0 Å². The molecule has 0 aliphatic rings. The Morgan fingerprint density at radius 2 is 1.46 bits per heavy atom. The summed E-state index contributed by atoms with van der Waals surface area (Å²) in [5.74, 6) is -3.37. The van der Waals surface area contributed by atoms with Crippen molar-refractivity contribution >= 4 is 11.9 Å². The lowest BCUT2D eigenvalue weighted by atomic mass is 10.2. The first-order chi connectivity index (χ1) is 11.6. The molecule has 0 atom stereocenters. The van der Waals surface area contributed by atoms with Crippen LogP contribution in [0, 0.1) is 0 Å². The van der Waals surface area contributed by atoms with Gasteiger partial charge in [0.1, 0.15) is 6.61 Å². The van der Waals surface area contributed by atoms with Crippen molar-refractivity contribution in [2.24, 2.45) is 0 Å². The molecule has 0 aromatic heterocycles. The van der Waals surface area contributed by atoms with Gasteiger partial charge in [0, 0.05) is 0 Å². The predicted molar refractivity (Wildman–Crippen MR) is 86.6 cm³/mol. The van der Waals surface area contributed by atoms with Crippen LogP contribution in [0.5, 0.6) is 0 Å². The maximum atomic E-state index is 12.2. The van der Waals surface area contributed by atoms with E-state index in [1.807, 2.05) is 60.7 Å². The first-order valence-corrected chi connectivity index (χ1v) is 7.22. The summed E-state index contributed by atoms with van der Waals surface area (Å²) in [7, 11) is 0. The molecule has 124 valence electrons. The van der Waals surface area contributed by atoms with Crippen molar-refractivity contribution in [3.8, 4) is 0 Å². The summed E-state index contributed by atoms with van der Waals surface area (Å²) < 4.78 is 0. The van der Waals surface area contributed by atoms with Crippen LogP contribution in [-0.4, -0.2) is 27.2 Å². The number of carboxylic acids is 1. The zero-order valence-corrected chi connectivity index (χ0v) is 12.8. The van der Waals surface area contributed by atoms with Gasteiger partial charge in [0.15, 0.2) is 0 Å². The maximum absolute atomic E-state index is 12.2. The number of amides is 1. The van der Waals surface area contributed by atoms with E-state index in [2.05, 4.69) is 0 Å². The third kappa shape index (κ3) is 5.26. The molecule has 0 aliphatic carbocycles. The molecule has 2 N–H and O–H groups in total. The number of hydrogen-bond donors (Lipinski definition) is 2. The Morgan fingerprint density at radius 3 is 2.00 bits per heavy atom. The topological polar surface area (TPSA) is 87.1 Å². The van der Waals surface area contributed by atoms with Crippen LogP contribution in [0.25, 0.3) is 0 Å². The number of benzene rings is 2. The van der Waals surface area contributed by atoms with Crippen molar-refractivity contribution in [1.29, 1.82) is 0 Å². The monoisotopic (exact) mass is 327 g/mol. The fourth-order valence-corrected chi connectivity index (χ4v) is 1.91. The largest absolute Gasteiger partial charge is 0.502 e. The Hall–Kier alpha value is -3.12. The molecule has 6 heteroatoms. The molecular formula is C18H17NO5. The second-order valence-corrected chi connectivity index (χ2v) is 4.95. The molecule has 0 saturated heterocycles. The molecule has 0 heterocycles. The second kappa shape index (κ2) is 8.50. The Morgan fingerprint density at radius 1 is 0.917 bits per heavy atom. The van der Waals surface area contributed by atoms with Crippen LogP contribution in [0.3, 0.4) is 0 Å². The molecule has 2 aromatic rings. The van der Waals surface area contributed by atoms with Crippen molar-refractivity contribution in [3.63, 3.8) is 0 Å². The number of carbonyl (C=O) groups is 2. The van der Waals surface area contributed by atoms with Crippen LogP contribution in [0.4, 0.5) is 0 Å². The molecular weight excluding hydrogens is 310 g/mol. The summed E-state index contributed by atoms with van der Waals surface area (Å²) in [5, 5.41) is 19.0. The van der Waals surface area contributed by atoms with Crippen molar-refractivity contribution in [2.75, 3.05) is 0 Å². The number of hydrogen-bond acceptors (Lipinski definition) is 4. The minimum absolute atomic E-state index is 0.121. The van der Waals surface area contributed by atoms with E-state index >= 15 is 0 Å². The van der Waals surface area contributed by atoms with Gasteiger partial charge >= 0.3 is 5.97 Å². The van der Waals surface area contributed by atoms with Crippen LogP contribution >= 0.6 is 0 Å². The Balaban J connectivity index is 2.12. The number of carbonyl (C=O) groups excluding carboxylic acids is 1. The van der Waals surface area contributed by atoms with Gasteiger partial charge in [-0.25, -0.2) is 9.86 Å². The third-order valence-electron chi connectivity index (χ3n) is 3.12. The zero-order valence-electron chi connectivity index (χ0n) is 12.8. The lowest BCUT2D eigenvalue weighted by Crippen LogP contribution is -2.30. The van der Waals surface area contributed by atoms with E-state index in [0.717, 1.165) is 16.2 Å². The molecule has 2 aromatic carbocycles. The predicted octanol–water partition coefficient (Wildman–Crippen LogP) is 2.67. The summed E-state index contributed by atoms with van der Waals surface area (Å²) >= 11 is 0. The quantitative estimate of drug-likeness (QED) is 0.464. The van der Waals surface area contributed by atoms with Crippen LogP contribution in [-0.2, 0) is 27.6 Å². The van der Waals surface area contributed by atoms with Crippen LogP contribution in [0.15, 0.2) is 72.5 Å². The summed E-state index contributed by atoms with van der Waals surface area (Å²) in [6.07, 6.45) is 0.621. The van der Waals surface area contributed by atoms with Gasteiger partial charge in [0.2, 0.25) is 5.76 Å². The van der Waals surface area contributed by atoms with Gasteiger partial charge in [0.25, 0.3) is 5.91 Å². The average Bonchev–Trinajstić information content (AvgIpc) is 2.60. The lowest BCUT2D eigenvalue weighted by Gasteiger charge is -2.20. The number of nitrogens with zero attached hydrogens (tertiary/aromatic N) is 1. The van der Waals surface area contributed by atoms with E-state index in [4.69, 9.17) is 9.94 Å². The Labute approximate surface area is 139 Å². The summed E-state index contributed by atoms with van der Waals surface area (Å²) in [6.45, 7) is 0.261. The highest BCUT2D eigenvalue weighted by atomic mass is 16.7. The van der Waals surface area contributed by atoms with E-state index < -0.39 is 17.6 Å². The maximum Gasteiger partial charge on any atom is 0.371 e. The van der Waals surface area contributed by atoms with Gasteiger partial charge in [-0.3, -0.25) is 9.63 Å². The highest BCUT2D eigenvalue weighted by Crippen LogP contribution is 2.10. The number of hydroxylamine groups is 2. The molecule has 0 aliphatic heterocycles. The van der Waals surface area contributed by atoms with Gasteiger partial charge in [-0.2, -0.15) is 0 Å². The van der Waals surface area contributed by atoms with Crippen molar-refractivity contribution in [3.05, 3.63) is 83.6 Å². The fraction of sp³-hybridized carbons (Fsp3) is 0.111. The van der Waals surface area contributed by atoms with Gasteiger partial charge < -0.3 is 10.2 Å². The molecule has 0 bridgehead atoms. The molecule has 0 unspecified atom stereocenters. The SMILES string of the molecule is O=C(O)/C(O)=C/C(=O)N(Cc1ccccc1)OCc1ccccc1. The number of carboxylic acid groups (broad SMARTS) is 1. The molecule has 1 amide bonds. The van der Waals surface area contributed by atoms with E-state index in [1.165, 1.54) is 0 Å². The Bertz CT molecular complexity index is 713. The van der Waals surface area contributed by atoms with Gasteiger partial charge in [0.05, 0.1) is 12.6 Å². The van der Waals surface area contributed by atoms with Crippen molar-refractivity contribution in [2.45, 2.75) is 13.2 Å². The van der Waals surface area contributed by atoms with E-state index in [-0.39, 0.29) is 13.2 Å². The fourth-order valence-electron chi connectivity index (χ4n) is 1.91. The molecule has 0 spiro atoms. The van der Waals surface area contributed by atoms with Gasteiger partial charge in [-0.1, -0.05) is 60.7 Å². The first-order valence-electron chi connectivity index (χ1n) is 7.22. The van der Waals surface area contributed by atoms with Crippen molar-refractivity contribution < 1.29 is 24.6 Å². The molecule has 6 nitrogen and oxygen atoms in total. The first kappa shape index (κ1) is 17.2. The van der Waals surface area contributed by atoms with Crippen LogP contribution in [0.1, 0.15) is 11.1 Å². The van der Waals surface area contributed by atoms with Gasteiger partial charge in [-0.05, 0) is 11.1 Å². The summed E-state index contributed by atoms with van der Waals surface area (Å²) in [4.78, 5) is 28.4. The highest BCUT2D eigenvalue weighted by molar-refractivity contribution is 5.95. The van der Waals surface area contributed by atoms with E-state index in [0.29, 0.717) is 6.08 Å². The molecule has 0 fully saturated rings. The smallest absolute Gasteiger partial charge is 0.371 e. The number of aliphatic hydroxyl groups is 1. The number of aliphatic hydroxyl groups excluding tert-OH is 1. The standard InChI is InChI=1S/C18H17NO5/c20-16(18(22)23)11-17(21)19(12-14-7-3-1-4-8-14)24-13-15-9-5-2-6-10-15/h1-11,20H,12-13H2,(H,22,23)/b16-11-. The van der Waals surface area contributed by atoms with Crippen LogP contribution in [0.2, 0.25) is 0 Å². The summed E-state index contributed by atoms with van der Waals surface area (Å²) in [5.41, 5.74) is 1.66. The summed E-state index contributed by atoms with van der Waals surface area (Å²) in [6, 6.07) is 18.3. The molecule has 0 saturated carbocycles. The number of aliphatic carboxylic acids is 1. The lowest BCUT2D eigenvalue weighted by molar-refractivity contribution is -0.190. The van der Waals surface area contributed by atoms with Crippen LogP contribution < -0.4 is 0 Å². The molecule has 2 rings (SSSR count). The third-order valence-corrected chi connectivity index (χ3v) is 3.12. The molecule has 0 radical (unpaired) electrons. The average molecular weight is 327 g/mol. The second-order valence-electron chi connectivity index (χ2n) is 4.95. The van der Waals surface area contributed by atoms with E-state index in [9.17, 15) is 14.7 Å². The highest BCUT2D eigenvalue weighted by Gasteiger charge is 2.16.